The molecule has 2 aliphatic heterocycles. The average Bonchev–Trinajstić information content (AvgIpc) is 3.40. The van der Waals surface area contributed by atoms with Gasteiger partial charge in [0.2, 0.25) is 10.0 Å². The van der Waals surface area contributed by atoms with Gasteiger partial charge in [-0.25, -0.2) is 18.2 Å². The Morgan fingerprint density at radius 1 is 1.06 bits per heavy atom. The van der Waals surface area contributed by atoms with E-state index in [2.05, 4.69) is 31.8 Å². The molecule has 2 fully saturated rings. The quantitative estimate of drug-likeness (QED) is 0.738. The highest BCUT2D eigenvalue weighted by Gasteiger charge is 2.25. The van der Waals surface area contributed by atoms with Crippen LogP contribution in [0.4, 0.5) is 16.4 Å². The summed E-state index contributed by atoms with van der Waals surface area (Å²) >= 11 is 0. The minimum Gasteiger partial charge on any atom is -0.356 e. The van der Waals surface area contributed by atoms with E-state index < -0.39 is 10.0 Å². The number of carbonyl (C=O) groups is 1. The van der Waals surface area contributed by atoms with Crippen LogP contribution in [0.3, 0.4) is 0 Å². The third kappa shape index (κ3) is 5.34. The smallest absolute Gasteiger partial charge is 0.344 e. The van der Waals surface area contributed by atoms with Crippen LogP contribution in [0.2, 0.25) is 0 Å². The maximum Gasteiger partial charge on any atom is 0.344 e. The number of hydrogen-bond acceptors (Lipinski definition) is 7. The Bertz CT molecular complexity index is 1040. The molecule has 0 radical (unpaired) electrons. The molecule has 2 saturated heterocycles. The van der Waals surface area contributed by atoms with Crippen molar-refractivity contribution in [3.05, 3.63) is 35.7 Å². The molecule has 2 aliphatic rings. The fourth-order valence-electron chi connectivity index (χ4n) is 4.06. The van der Waals surface area contributed by atoms with Crippen molar-refractivity contribution in [3.63, 3.8) is 0 Å². The van der Waals surface area contributed by atoms with E-state index in [-0.39, 0.29) is 11.8 Å². The number of carbonyl (C=O) groups excluding carboxylic acids is 1. The van der Waals surface area contributed by atoms with Gasteiger partial charge in [0.25, 0.3) is 0 Å². The minimum absolute atomic E-state index is 0.135. The van der Waals surface area contributed by atoms with Crippen LogP contribution in [-0.2, 0) is 16.6 Å². The second kappa shape index (κ2) is 8.83. The van der Waals surface area contributed by atoms with Crippen LogP contribution in [0.25, 0.3) is 0 Å². The largest absolute Gasteiger partial charge is 0.356 e. The van der Waals surface area contributed by atoms with Crippen molar-refractivity contribution in [2.24, 2.45) is 0 Å². The van der Waals surface area contributed by atoms with E-state index in [4.69, 9.17) is 4.98 Å². The fraction of sp³-hybridized carbons (Fsp3) is 0.550. The Labute approximate surface area is 182 Å². The van der Waals surface area contributed by atoms with Gasteiger partial charge in [0, 0.05) is 69.3 Å². The van der Waals surface area contributed by atoms with E-state index in [0.29, 0.717) is 13.1 Å². The molecule has 2 aromatic heterocycles. The van der Waals surface area contributed by atoms with Gasteiger partial charge in [-0.15, -0.1) is 5.10 Å². The third-order valence-corrected chi connectivity index (χ3v) is 6.19. The molecule has 0 aliphatic carbocycles. The van der Waals surface area contributed by atoms with Gasteiger partial charge in [0.1, 0.15) is 5.82 Å². The number of aromatic nitrogens is 3. The number of nitrogens with one attached hydrogen (secondary N) is 1. The number of aryl methyl sites for hydroxylation is 1. The molecular formula is C20H29N7O3S. The van der Waals surface area contributed by atoms with E-state index in [1.807, 2.05) is 6.92 Å². The molecule has 0 spiro atoms. The van der Waals surface area contributed by atoms with Crippen molar-refractivity contribution >= 4 is 27.7 Å². The van der Waals surface area contributed by atoms with Crippen molar-refractivity contribution in [1.82, 2.24) is 24.6 Å². The number of rotatable bonds is 5. The Kier molecular flexibility index (Phi) is 6.15. The normalized spacial score (nSPS) is 17.9. The summed E-state index contributed by atoms with van der Waals surface area (Å²) < 4.78 is 26.1. The van der Waals surface area contributed by atoms with Crippen molar-refractivity contribution in [1.29, 1.82) is 0 Å². The maximum atomic E-state index is 12.7. The van der Waals surface area contributed by atoms with Crippen molar-refractivity contribution < 1.29 is 13.2 Å². The summed E-state index contributed by atoms with van der Waals surface area (Å²) in [5.74, 6) is 1.23. The van der Waals surface area contributed by atoms with E-state index >= 15 is 0 Å². The molecule has 0 atom stereocenters. The molecule has 1 N–H and O–H groups in total. The molecule has 2 aromatic rings. The molecule has 11 heteroatoms. The van der Waals surface area contributed by atoms with Gasteiger partial charge in [0.15, 0.2) is 5.82 Å². The van der Waals surface area contributed by atoms with Crippen LogP contribution in [0.5, 0.6) is 0 Å². The van der Waals surface area contributed by atoms with Crippen LogP contribution in [0.15, 0.2) is 24.4 Å². The van der Waals surface area contributed by atoms with Crippen LogP contribution in [0.1, 0.15) is 24.1 Å². The molecule has 0 aromatic carbocycles. The van der Waals surface area contributed by atoms with Gasteiger partial charge in [0.05, 0.1) is 6.26 Å². The van der Waals surface area contributed by atoms with Crippen LogP contribution < -0.4 is 9.62 Å². The minimum atomic E-state index is -3.43. The number of amides is 1. The highest BCUT2D eigenvalue weighted by Crippen LogP contribution is 2.24. The molecule has 31 heavy (non-hydrogen) atoms. The number of anilines is 2. The zero-order valence-electron chi connectivity index (χ0n) is 18.0. The summed E-state index contributed by atoms with van der Waals surface area (Å²) in [5.41, 5.74) is 2.26. The molecule has 168 valence electrons. The lowest BCUT2D eigenvalue weighted by molar-refractivity contribution is 0.134. The lowest BCUT2D eigenvalue weighted by Gasteiger charge is -2.35. The van der Waals surface area contributed by atoms with E-state index in [0.717, 1.165) is 50.5 Å². The van der Waals surface area contributed by atoms with Crippen molar-refractivity contribution in [3.8, 4) is 0 Å². The summed E-state index contributed by atoms with van der Waals surface area (Å²) in [6.07, 6.45) is 4.95. The molecule has 0 bridgehead atoms. The summed E-state index contributed by atoms with van der Waals surface area (Å²) in [7, 11) is -3.43. The summed E-state index contributed by atoms with van der Waals surface area (Å²) in [5, 5.41) is 4.03. The first-order valence-corrected chi connectivity index (χ1v) is 12.4. The zero-order chi connectivity index (χ0) is 22.0. The van der Waals surface area contributed by atoms with Crippen LogP contribution >= 0.6 is 0 Å². The lowest BCUT2D eigenvalue weighted by atomic mass is 10.2. The Morgan fingerprint density at radius 2 is 1.77 bits per heavy atom. The number of hydrogen-bond donors (Lipinski definition) is 1. The van der Waals surface area contributed by atoms with Gasteiger partial charge >= 0.3 is 6.03 Å². The van der Waals surface area contributed by atoms with Crippen molar-refractivity contribution in [2.75, 3.05) is 55.1 Å². The van der Waals surface area contributed by atoms with Crippen LogP contribution in [-0.4, -0.2) is 84.5 Å². The standard InChI is InChI=1S/C20H29N7O3S/c1-16-5-6-17(19(21-16)25-8-3-4-9-25)15-24-11-13-26(14-12-24)20(28)27-10-7-18(22-27)23-31(2,29)30/h5-7,10H,3-4,8-9,11-15H2,1-2H3,(H,22,23). The summed E-state index contributed by atoms with van der Waals surface area (Å²) in [4.78, 5) is 24.0. The fourth-order valence-corrected chi connectivity index (χ4v) is 4.54. The highest BCUT2D eigenvalue weighted by molar-refractivity contribution is 7.92. The van der Waals surface area contributed by atoms with Crippen LogP contribution in [0, 0.1) is 6.92 Å². The number of piperazine rings is 1. The van der Waals surface area contributed by atoms with Gasteiger partial charge < -0.3 is 9.80 Å². The van der Waals surface area contributed by atoms with Gasteiger partial charge in [-0.1, -0.05) is 6.07 Å². The van der Waals surface area contributed by atoms with E-state index in [1.54, 1.807) is 4.90 Å². The van der Waals surface area contributed by atoms with E-state index in [1.165, 1.54) is 35.4 Å². The number of nitrogens with zero attached hydrogens (tertiary/aromatic N) is 6. The molecule has 0 unspecified atom stereocenters. The monoisotopic (exact) mass is 447 g/mol. The first-order valence-electron chi connectivity index (χ1n) is 10.5. The zero-order valence-corrected chi connectivity index (χ0v) is 18.8. The lowest BCUT2D eigenvalue weighted by Crippen LogP contribution is -2.49. The second-order valence-electron chi connectivity index (χ2n) is 8.20. The Morgan fingerprint density at radius 3 is 2.45 bits per heavy atom. The molecule has 4 rings (SSSR count). The molecular weight excluding hydrogens is 418 g/mol. The SMILES string of the molecule is Cc1ccc(CN2CCN(C(=O)n3ccc(NS(C)(=O)=O)n3)CC2)c(N2CCCC2)n1. The first kappa shape index (κ1) is 21.6. The average molecular weight is 448 g/mol. The van der Waals surface area contributed by atoms with Crippen molar-refractivity contribution in [2.45, 2.75) is 26.3 Å². The maximum absolute atomic E-state index is 12.7. The van der Waals surface area contributed by atoms with Gasteiger partial charge in [-0.3, -0.25) is 9.62 Å². The van der Waals surface area contributed by atoms with Gasteiger partial charge in [-0.05, 0) is 25.8 Å². The number of pyridine rings is 1. The Balaban J connectivity index is 1.36. The molecule has 10 nitrogen and oxygen atoms in total. The Hall–Kier alpha value is -2.66. The third-order valence-electron chi connectivity index (χ3n) is 5.61. The first-order chi connectivity index (χ1) is 14.8. The predicted molar refractivity (Wildman–Crippen MR) is 119 cm³/mol. The highest BCUT2D eigenvalue weighted by atomic mass is 32.2. The topological polar surface area (TPSA) is 104 Å². The second-order valence-corrected chi connectivity index (χ2v) is 9.94. The predicted octanol–water partition coefficient (Wildman–Crippen LogP) is 1.34. The molecule has 1 amide bonds. The number of sulfonamides is 1. The summed E-state index contributed by atoms with van der Waals surface area (Å²) in [6.45, 7) is 7.66. The summed E-state index contributed by atoms with van der Waals surface area (Å²) in [6, 6.07) is 5.46. The molecule has 0 saturated carbocycles. The molecule has 4 heterocycles. The van der Waals surface area contributed by atoms with E-state index in [9.17, 15) is 13.2 Å². The van der Waals surface area contributed by atoms with Gasteiger partial charge in [-0.2, -0.15) is 4.68 Å².